The molecule has 0 amide bonds. The zero-order chi connectivity index (χ0) is 30.1. The lowest BCUT2D eigenvalue weighted by Crippen LogP contribution is -2.15. The standard InChI is InChI=1S/C41H40N2/c1-27(2)31-11-13-35-36-14-12-34(26-40(36)41(5,6)39(35)25-31)38-24-32(9-7-29-15-19-42-20-16-29)37(28(3)4)23-33(38)10-8-30-17-21-43-22-18-30/h7-28H,1-6H3/b9-7+,10-8+. The maximum atomic E-state index is 4.19. The van der Waals surface area contributed by atoms with Crippen molar-refractivity contribution in [3.63, 3.8) is 0 Å². The minimum atomic E-state index is -0.0689. The van der Waals surface area contributed by atoms with Crippen molar-refractivity contribution in [2.75, 3.05) is 0 Å². The van der Waals surface area contributed by atoms with Gasteiger partial charge in [0.25, 0.3) is 0 Å². The van der Waals surface area contributed by atoms with Crippen LogP contribution in [0.3, 0.4) is 0 Å². The number of pyridine rings is 2. The smallest absolute Gasteiger partial charge is 0.0273 e. The molecule has 6 rings (SSSR count). The van der Waals surface area contributed by atoms with E-state index >= 15 is 0 Å². The van der Waals surface area contributed by atoms with Crippen molar-refractivity contribution in [2.45, 2.75) is 58.8 Å². The van der Waals surface area contributed by atoms with Crippen molar-refractivity contribution in [2.24, 2.45) is 0 Å². The summed E-state index contributed by atoms with van der Waals surface area (Å²) in [5, 5.41) is 0. The molecular formula is C41H40N2. The van der Waals surface area contributed by atoms with Gasteiger partial charge in [-0.2, -0.15) is 0 Å². The van der Waals surface area contributed by atoms with E-state index in [0.717, 1.165) is 11.1 Å². The summed E-state index contributed by atoms with van der Waals surface area (Å²) >= 11 is 0. The van der Waals surface area contributed by atoms with Gasteiger partial charge in [-0.25, -0.2) is 0 Å². The van der Waals surface area contributed by atoms with Crippen molar-refractivity contribution in [3.05, 3.63) is 142 Å². The van der Waals surface area contributed by atoms with Crippen LogP contribution in [-0.2, 0) is 5.41 Å². The van der Waals surface area contributed by atoms with Crippen LogP contribution in [0.5, 0.6) is 0 Å². The highest BCUT2D eigenvalue weighted by atomic mass is 14.6. The summed E-state index contributed by atoms with van der Waals surface area (Å²) in [4.78, 5) is 8.37. The molecule has 0 fully saturated rings. The maximum absolute atomic E-state index is 4.19. The van der Waals surface area contributed by atoms with Gasteiger partial charge < -0.3 is 0 Å². The van der Waals surface area contributed by atoms with E-state index < -0.39 is 0 Å². The third-order valence-corrected chi connectivity index (χ3v) is 8.88. The first-order valence-electron chi connectivity index (χ1n) is 15.4. The third kappa shape index (κ3) is 5.62. The summed E-state index contributed by atoms with van der Waals surface area (Å²) in [7, 11) is 0. The van der Waals surface area contributed by atoms with Crippen LogP contribution in [0, 0.1) is 0 Å². The Kier molecular flexibility index (Phi) is 7.71. The molecule has 0 spiro atoms. The Balaban J connectivity index is 1.51. The van der Waals surface area contributed by atoms with E-state index in [1.165, 1.54) is 55.6 Å². The lowest BCUT2D eigenvalue weighted by molar-refractivity contribution is 0.658. The first-order valence-corrected chi connectivity index (χ1v) is 15.4. The second kappa shape index (κ2) is 11.6. The molecule has 3 aromatic carbocycles. The fourth-order valence-electron chi connectivity index (χ4n) is 6.29. The minimum Gasteiger partial charge on any atom is -0.265 e. The summed E-state index contributed by atoms with van der Waals surface area (Å²) in [6.45, 7) is 13.8. The number of aromatic nitrogens is 2. The molecule has 2 aromatic heterocycles. The van der Waals surface area contributed by atoms with Crippen LogP contribution in [-0.4, -0.2) is 9.97 Å². The summed E-state index contributed by atoms with van der Waals surface area (Å²) in [5.74, 6) is 0.885. The zero-order valence-corrected chi connectivity index (χ0v) is 26.1. The molecule has 2 nitrogen and oxygen atoms in total. The van der Waals surface area contributed by atoms with Crippen molar-refractivity contribution in [1.29, 1.82) is 0 Å². The van der Waals surface area contributed by atoms with Crippen LogP contribution < -0.4 is 0 Å². The van der Waals surface area contributed by atoms with Gasteiger partial charge in [-0.3, -0.25) is 9.97 Å². The monoisotopic (exact) mass is 560 g/mol. The van der Waals surface area contributed by atoms with Gasteiger partial charge in [-0.05, 0) is 115 Å². The topological polar surface area (TPSA) is 25.8 Å². The van der Waals surface area contributed by atoms with Crippen molar-refractivity contribution >= 4 is 24.3 Å². The molecular weight excluding hydrogens is 520 g/mol. The lowest BCUT2D eigenvalue weighted by atomic mass is 9.80. The normalized spacial score (nSPS) is 13.8. The van der Waals surface area contributed by atoms with Crippen LogP contribution >= 0.6 is 0 Å². The third-order valence-electron chi connectivity index (χ3n) is 8.88. The highest BCUT2D eigenvalue weighted by Crippen LogP contribution is 2.50. The number of hydrogen-bond acceptors (Lipinski definition) is 2. The van der Waals surface area contributed by atoms with Gasteiger partial charge in [0, 0.05) is 30.2 Å². The number of fused-ring (bicyclic) bond motifs is 3. The first kappa shape index (κ1) is 28.6. The van der Waals surface area contributed by atoms with Crippen LogP contribution in [0.4, 0.5) is 0 Å². The molecule has 1 aliphatic carbocycles. The Morgan fingerprint density at radius 3 is 1.67 bits per heavy atom. The van der Waals surface area contributed by atoms with Gasteiger partial charge in [0.05, 0.1) is 0 Å². The van der Waals surface area contributed by atoms with Gasteiger partial charge in [-0.15, -0.1) is 0 Å². The molecule has 0 saturated heterocycles. The number of benzene rings is 3. The Morgan fingerprint density at radius 2 is 1.09 bits per heavy atom. The summed E-state index contributed by atoms with van der Waals surface area (Å²) in [6, 6.07) is 27.1. The second-order valence-corrected chi connectivity index (χ2v) is 12.8. The lowest BCUT2D eigenvalue weighted by Gasteiger charge is -2.23. The molecule has 2 heterocycles. The van der Waals surface area contributed by atoms with Gasteiger partial charge in [-0.1, -0.05) is 102 Å². The fraction of sp³-hybridized carbons (Fsp3) is 0.220. The quantitative estimate of drug-likeness (QED) is 0.198. The number of nitrogens with zero attached hydrogens (tertiary/aromatic N) is 2. The molecule has 0 N–H and O–H groups in total. The molecule has 1 aliphatic rings. The molecule has 0 aliphatic heterocycles. The van der Waals surface area contributed by atoms with Crippen LogP contribution in [0.2, 0.25) is 0 Å². The van der Waals surface area contributed by atoms with Crippen LogP contribution in [0.25, 0.3) is 46.6 Å². The van der Waals surface area contributed by atoms with E-state index in [-0.39, 0.29) is 5.41 Å². The summed E-state index contributed by atoms with van der Waals surface area (Å²) < 4.78 is 0. The predicted octanol–water partition coefficient (Wildman–Crippen LogP) is 11.0. The molecule has 43 heavy (non-hydrogen) atoms. The SMILES string of the molecule is CC(C)c1ccc2c(c1)C(C)(C)c1cc(-c3cc(/C=C/c4ccncc4)c(C(C)C)cc3/C=C/c3ccncc3)ccc1-2. The van der Waals surface area contributed by atoms with Crippen LogP contribution in [0.15, 0.2) is 97.6 Å². The Morgan fingerprint density at radius 1 is 0.535 bits per heavy atom. The van der Waals surface area contributed by atoms with Gasteiger partial charge in [0.2, 0.25) is 0 Å². The molecule has 5 aromatic rings. The van der Waals surface area contributed by atoms with Crippen molar-refractivity contribution < 1.29 is 0 Å². The first-order chi connectivity index (χ1) is 20.7. The Labute approximate surface area is 256 Å². The molecule has 0 atom stereocenters. The Hall–Kier alpha value is -4.56. The average molecular weight is 561 g/mol. The van der Waals surface area contributed by atoms with Crippen LogP contribution in [0.1, 0.15) is 97.9 Å². The minimum absolute atomic E-state index is 0.0689. The molecule has 2 heteroatoms. The average Bonchev–Trinajstić information content (AvgIpc) is 3.25. The highest BCUT2D eigenvalue weighted by Gasteiger charge is 2.36. The second-order valence-electron chi connectivity index (χ2n) is 12.8. The Bertz CT molecular complexity index is 1820. The molecule has 214 valence electrons. The molecule has 0 unspecified atom stereocenters. The van der Waals surface area contributed by atoms with E-state index in [9.17, 15) is 0 Å². The predicted molar refractivity (Wildman–Crippen MR) is 184 cm³/mol. The van der Waals surface area contributed by atoms with Crippen molar-refractivity contribution in [1.82, 2.24) is 9.97 Å². The van der Waals surface area contributed by atoms with Gasteiger partial charge >= 0.3 is 0 Å². The van der Waals surface area contributed by atoms with E-state index in [2.05, 4.69) is 124 Å². The zero-order valence-electron chi connectivity index (χ0n) is 26.1. The molecule has 0 radical (unpaired) electrons. The summed E-state index contributed by atoms with van der Waals surface area (Å²) in [5.41, 5.74) is 15.4. The van der Waals surface area contributed by atoms with E-state index in [1.807, 2.05) is 49.1 Å². The van der Waals surface area contributed by atoms with Gasteiger partial charge in [0.1, 0.15) is 0 Å². The molecule has 0 bridgehead atoms. The largest absolute Gasteiger partial charge is 0.265 e. The maximum Gasteiger partial charge on any atom is 0.0273 e. The highest BCUT2D eigenvalue weighted by molar-refractivity contribution is 5.88. The fourth-order valence-corrected chi connectivity index (χ4v) is 6.29. The molecule has 0 saturated carbocycles. The number of rotatable bonds is 7. The van der Waals surface area contributed by atoms with E-state index in [4.69, 9.17) is 0 Å². The van der Waals surface area contributed by atoms with Gasteiger partial charge in [0.15, 0.2) is 0 Å². The van der Waals surface area contributed by atoms with E-state index in [1.54, 1.807) is 0 Å². The number of hydrogen-bond donors (Lipinski definition) is 0. The van der Waals surface area contributed by atoms with Crippen molar-refractivity contribution in [3.8, 4) is 22.3 Å². The summed E-state index contributed by atoms with van der Waals surface area (Å²) in [6.07, 6.45) is 16.3. The van der Waals surface area contributed by atoms with E-state index in [0.29, 0.717) is 11.8 Å².